The Morgan fingerprint density at radius 1 is 1.31 bits per heavy atom. The van der Waals surface area contributed by atoms with Crippen LogP contribution in [0, 0.1) is 10.8 Å². The zero-order chi connectivity index (χ0) is 9.26. The molecule has 0 amide bonds. The number of rotatable bonds is 1. The first-order chi connectivity index (χ1) is 6.25. The van der Waals surface area contributed by atoms with Crippen LogP contribution in [0.15, 0.2) is 22.6 Å². The van der Waals surface area contributed by atoms with Crippen molar-refractivity contribution in [3.8, 4) is 11.6 Å². The van der Waals surface area contributed by atoms with Crippen molar-refractivity contribution in [2.24, 2.45) is 0 Å². The van der Waals surface area contributed by atoms with Crippen molar-refractivity contribution in [1.82, 2.24) is 15.2 Å². The van der Waals surface area contributed by atoms with E-state index in [1.165, 1.54) is 0 Å². The molecular weight excluding hydrogens is 281 g/mol. The van der Waals surface area contributed by atoms with Gasteiger partial charge in [-0.15, -0.1) is 10.2 Å². The van der Waals surface area contributed by atoms with Gasteiger partial charge in [0.2, 0.25) is 0 Å². The molecule has 5 heteroatoms. The summed E-state index contributed by atoms with van der Waals surface area (Å²) in [7, 11) is 0. The zero-order valence-corrected chi connectivity index (χ0v) is 9.02. The normalized spacial score (nSPS) is 10.3. The van der Waals surface area contributed by atoms with E-state index in [0.717, 1.165) is 11.4 Å². The fraction of sp³-hybridized carbons (Fsp3) is 0.125. The molecule has 0 bridgehead atoms. The first-order valence-electron chi connectivity index (χ1n) is 3.69. The van der Waals surface area contributed by atoms with Crippen LogP contribution in [-0.4, -0.2) is 15.2 Å². The highest BCUT2D eigenvalue weighted by atomic mass is 127. The van der Waals surface area contributed by atoms with E-state index in [0.29, 0.717) is 9.79 Å². The van der Waals surface area contributed by atoms with Gasteiger partial charge in [-0.3, -0.25) is 0 Å². The predicted octanol–water partition coefficient (Wildman–Crippen LogP) is 2.04. The second-order valence-corrected chi connectivity index (χ2v) is 3.45. The second kappa shape index (κ2) is 3.41. The lowest BCUT2D eigenvalue weighted by molar-refractivity contribution is 0.535. The maximum atomic E-state index is 5.23. The van der Waals surface area contributed by atoms with Crippen molar-refractivity contribution >= 4 is 22.6 Å². The van der Waals surface area contributed by atoms with Crippen molar-refractivity contribution in [3.05, 3.63) is 27.8 Å². The molecule has 0 aromatic carbocycles. The van der Waals surface area contributed by atoms with Gasteiger partial charge in [-0.1, -0.05) is 6.07 Å². The van der Waals surface area contributed by atoms with Crippen molar-refractivity contribution in [3.63, 3.8) is 0 Å². The van der Waals surface area contributed by atoms with E-state index < -0.39 is 0 Å². The van der Waals surface area contributed by atoms with Gasteiger partial charge in [0.25, 0.3) is 9.79 Å². The Morgan fingerprint density at radius 3 is 2.77 bits per heavy atom. The quantitative estimate of drug-likeness (QED) is 0.753. The first kappa shape index (κ1) is 8.61. The van der Waals surface area contributed by atoms with Crippen molar-refractivity contribution < 1.29 is 4.42 Å². The van der Waals surface area contributed by atoms with Gasteiger partial charge in [-0.05, 0) is 19.1 Å². The van der Waals surface area contributed by atoms with E-state index in [9.17, 15) is 0 Å². The Bertz CT molecular complexity index is 427. The molecule has 0 aliphatic rings. The van der Waals surface area contributed by atoms with Crippen LogP contribution in [0.25, 0.3) is 11.6 Å². The van der Waals surface area contributed by atoms with E-state index in [2.05, 4.69) is 15.2 Å². The van der Waals surface area contributed by atoms with E-state index in [1.807, 2.05) is 47.7 Å². The van der Waals surface area contributed by atoms with Gasteiger partial charge in [0.1, 0.15) is 5.69 Å². The SMILES string of the molecule is Cc1cccc(-c2nnc(I)o2)n1. The van der Waals surface area contributed by atoms with Crippen LogP contribution in [0.5, 0.6) is 0 Å². The summed E-state index contributed by atoms with van der Waals surface area (Å²) in [6.07, 6.45) is 0. The third kappa shape index (κ3) is 1.85. The smallest absolute Gasteiger partial charge is 0.278 e. The summed E-state index contributed by atoms with van der Waals surface area (Å²) in [6.45, 7) is 1.92. The van der Waals surface area contributed by atoms with Gasteiger partial charge in [-0.2, -0.15) is 0 Å². The molecule has 13 heavy (non-hydrogen) atoms. The molecule has 0 atom stereocenters. The third-order valence-corrected chi connectivity index (χ3v) is 1.94. The van der Waals surface area contributed by atoms with Crippen molar-refractivity contribution in [2.75, 3.05) is 0 Å². The Labute approximate surface area is 88.5 Å². The number of pyridine rings is 1. The van der Waals surface area contributed by atoms with Crippen LogP contribution in [0.1, 0.15) is 5.69 Å². The van der Waals surface area contributed by atoms with E-state index in [-0.39, 0.29) is 0 Å². The third-order valence-electron chi connectivity index (χ3n) is 1.51. The molecule has 0 radical (unpaired) electrons. The maximum Gasteiger partial charge on any atom is 0.278 e. The molecule has 4 nitrogen and oxygen atoms in total. The molecule has 0 spiro atoms. The van der Waals surface area contributed by atoms with Crippen LogP contribution in [-0.2, 0) is 0 Å². The number of hydrogen-bond acceptors (Lipinski definition) is 4. The lowest BCUT2D eigenvalue weighted by atomic mass is 10.3. The zero-order valence-electron chi connectivity index (χ0n) is 6.86. The highest BCUT2D eigenvalue weighted by Crippen LogP contribution is 2.15. The second-order valence-electron chi connectivity index (χ2n) is 2.52. The summed E-state index contributed by atoms with van der Waals surface area (Å²) in [5.41, 5.74) is 1.65. The largest absolute Gasteiger partial charge is 0.410 e. The Hall–Kier alpha value is -0.980. The summed E-state index contributed by atoms with van der Waals surface area (Å²) in [6, 6.07) is 5.68. The van der Waals surface area contributed by atoms with Gasteiger partial charge in [-0.25, -0.2) is 4.98 Å². The van der Waals surface area contributed by atoms with Gasteiger partial charge in [0, 0.05) is 28.3 Å². The fourth-order valence-electron chi connectivity index (χ4n) is 0.971. The van der Waals surface area contributed by atoms with Crippen LogP contribution < -0.4 is 0 Å². The molecule has 2 aromatic heterocycles. The van der Waals surface area contributed by atoms with Crippen LogP contribution >= 0.6 is 22.6 Å². The van der Waals surface area contributed by atoms with Crippen LogP contribution in [0.2, 0.25) is 0 Å². The molecule has 2 rings (SSSR count). The lowest BCUT2D eigenvalue weighted by Gasteiger charge is -1.94. The molecule has 2 aromatic rings. The fourth-order valence-corrected chi connectivity index (χ4v) is 1.29. The molecule has 66 valence electrons. The number of aromatic nitrogens is 3. The van der Waals surface area contributed by atoms with E-state index >= 15 is 0 Å². The first-order valence-corrected chi connectivity index (χ1v) is 4.76. The molecule has 0 saturated carbocycles. The number of nitrogens with zero attached hydrogens (tertiary/aromatic N) is 3. The molecule has 0 fully saturated rings. The monoisotopic (exact) mass is 287 g/mol. The van der Waals surface area contributed by atoms with Gasteiger partial charge in [0.05, 0.1) is 0 Å². The number of hydrogen-bond donors (Lipinski definition) is 0. The molecule has 0 N–H and O–H groups in total. The van der Waals surface area contributed by atoms with Crippen LogP contribution in [0.3, 0.4) is 0 Å². The molecule has 2 heterocycles. The van der Waals surface area contributed by atoms with E-state index in [1.54, 1.807) is 0 Å². The average Bonchev–Trinajstić information content (AvgIpc) is 2.52. The standard InChI is InChI=1S/C8H6IN3O/c1-5-3-2-4-6(10-5)7-11-12-8(9)13-7/h2-4H,1H3. The summed E-state index contributed by atoms with van der Waals surface area (Å²) < 4.78 is 5.75. The number of aryl methyl sites for hydroxylation is 1. The highest BCUT2D eigenvalue weighted by Gasteiger charge is 2.06. The Kier molecular flexibility index (Phi) is 2.26. The summed E-state index contributed by atoms with van der Waals surface area (Å²) in [4.78, 5) is 4.26. The minimum atomic E-state index is 0.466. The van der Waals surface area contributed by atoms with Crippen molar-refractivity contribution in [1.29, 1.82) is 0 Å². The van der Waals surface area contributed by atoms with Gasteiger partial charge in [0.15, 0.2) is 0 Å². The Balaban J connectivity index is 2.46. The van der Waals surface area contributed by atoms with Crippen molar-refractivity contribution in [2.45, 2.75) is 6.92 Å². The molecule has 0 unspecified atom stereocenters. The minimum absolute atomic E-state index is 0.466. The van der Waals surface area contributed by atoms with Gasteiger partial charge >= 0.3 is 0 Å². The lowest BCUT2D eigenvalue weighted by Crippen LogP contribution is -1.85. The minimum Gasteiger partial charge on any atom is -0.410 e. The Morgan fingerprint density at radius 2 is 2.15 bits per heavy atom. The topological polar surface area (TPSA) is 51.8 Å². The molecule has 0 saturated heterocycles. The van der Waals surface area contributed by atoms with Crippen LogP contribution in [0.4, 0.5) is 0 Å². The predicted molar refractivity (Wildman–Crippen MR) is 55.0 cm³/mol. The number of halogens is 1. The summed E-state index contributed by atoms with van der Waals surface area (Å²) >= 11 is 1.97. The summed E-state index contributed by atoms with van der Waals surface area (Å²) in [5.74, 6) is 0.466. The molecule has 0 aliphatic heterocycles. The van der Waals surface area contributed by atoms with Gasteiger partial charge < -0.3 is 4.42 Å². The maximum absolute atomic E-state index is 5.23. The average molecular weight is 287 g/mol. The summed E-state index contributed by atoms with van der Waals surface area (Å²) in [5, 5.41) is 7.59. The molecule has 0 aliphatic carbocycles. The molecular formula is C8H6IN3O. The van der Waals surface area contributed by atoms with E-state index in [4.69, 9.17) is 4.42 Å². The highest BCUT2D eigenvalue weighted by molar-refractivity contribution is 14.1.